The molecule has 1 N–H and O–H groups in total. The van der Waals surface area contributed by atoms with Crippen LogP contribution in [-0.4, -0.2) is 31.6 Å². The highest BCUT2D eigenvalue weighted by Gasteiger charge is 2.15. The molecule has 1 aromatic carbocycles. The Hall–Kier alpha value is -1.36. The highest BCUT2D eigenvalue weighted by molar-refractivity contribution is 7.98. The van der Waals surface area contributed by atoms with Gasteiger partial charge in [0.05, 0.1) is 19.1 Å². The van der Waals surface area contributed by atoms with Crippen molar-refractivity contribution in [1.29, 1.82) is 0 Å². The number of methoxy groups -OCH3 is 2. The Balaban J connectivity index is 3.34. The first-order valence-corrected chi connectivity index (χ1v) is 5.39. The second kappa shape index (κ2) is 4.93. The summed E-state index contributed by atoms with van der Waals surface area (Å²) >= 11 is 1.47. The molecule has 0 saturated carbocycles. The number of benzene rings is 1. The summed E-state index contributed by atoms with van der Waals surface area (Å²) in [5.74, 6) is -0.147. The Morgan fingerprint density at radius 1 is 1.27 bits per heavy atom. The molecule has 0 atom stereocenters. The second-order valence-corrected chi connectivity index (χ2v) is 3.56. The van der Waals surface area contributed by atoms with E-state index in [-0.39, 0.29) is 5.56 Å². The average molecular weight is 228 g/mol. The number of carboxylic acid groups (broad SMARTS) is 1. The van der Waals surface area contributed by atoms with E-state index in [9.17, 15) is 4.79 Å². The lowest BCUT2D eigenvalue weighted by Crippen LogP contribution is -2.02. The lowest BCUT2D eigenvalue weighted by atomic mass is 10.2. The molecule has 0 bridgehead atoms. The summed E-state index contributed by atoms with van der Waals surface area (Å²) in [7, 11) is 2.95. The molecule has 0 heterocycles. The Bertz CT molecular complexity index is 376. The third-order valence-electron chi connectivity index (χ3n) is 1.94. The molecule has 15 heavy (non-hydrogen) atoms. The Labute approximate surface area is 92.2 Å². The minimum Gasteiger partial charge on any atom is -0.496 e. The fourth-order valence-corrected chi connectivity index (χ4v) is 1.76. The summed E-state index contributed by atoms with van der Waals surface area (Å²) < 4.78 is 10.1. The molecule has 0 radical (unpaired) electrons. The van der Waals surface area contributed by atoms with Crippen LogP contribution in [0.15, 0.2) is 17.0 Å². The lowest BCUT2D eigenvalue weighted by molar-refractivity contribution is 0.0692. The zero-order valence-electron chi connectivity index (χ0n) is 8.73. The van der Waals surface area contributed by atoms with Crippen molar-refractivity contribution in [3.63, 3.8) is 0 Å². The first-order chi connectivity index (χ1) is 7.13. The van der Waals surface area contributed by atoms with E-state index in [0.29, 0.717) is 11.5 Å². The molecule has 0 saturated heterocycles. The van der Waals surface area contributed by atoms with Crippen LogP contribution in [0.3, 0.4) is 0 Å². The van der Waals surface area contributed by atoms with Crippen LogP contribution in [0.2, 0.25) is 0 Å². The van der Waals surface area contributed by atoms with E-state index in [1.165, 1.54) is 32.0 Å². The normalized spacial score (nSPS) is 9.80. The molecule has 0 amide bonds. The average Bonchev–Trinajstić information content (AvgIpc) is 2.26. The van der Waals surface area contributed by atoms with Gasteiger partial charge in [0, 0.05) is 0 Å². The standard InChI is InChI=1S/C10H12O4S/c1-13-7-5-9(15-3)8(14-2)4-6(7)10(11)12/h4-5H,1-3H3,(H,11,12). The molecule has 1 rings (SSSR count). The molecule has 0 fully saturated rings. The van der Waals surface area contributed by atoms with Gasteiger partial charge in [0.25, 0.3) is 0 Å². The zero-order valence-corrected chi connectivity index (χ0v) is 9.55. The van der Waals surface area contributed by atoms with Crippen LogP contribution in [0.5, 0.6) is 11.5 Å². The van der Waals surface area contributed by atoms with Crippen molar-refractivity contribution in [3.05, 3.63) is 17.7 Å². The van der Waals surface area contributed by atoms with E-state index >= 15 is 0 Å². The van der Waals surface area contributed by atoms with Crippen LogP contribution in [-0.2, 0) is 0 Å². The van der Waals surface area contributed by atoms with E-state index in [1.807, 2.05) is 6.26 Å². The zero-order chi connectivity index (χ0) is 11.4. The van der Waals surface area contributed by atoms with Gasteiger partial charge in [0.1, 0.15) is 17.1 Å². The molecule has 82 valence electrons. The minimum absolute atomic E-state index is 0.104. The van der Waals surface area contributed by atoms with Crippen molar-refractivity contribution in [2.75, 3.05) is 20.5 Å². The smallest absolute Gasteiger partial charge is 0.339 e. The largest absolute Gasteiger partial charge is 0.496 e. The number of aromatic carboxylic acids is 1. The van der Waals surface area contributed by atoms with Gasteiger partial charge < -0.3 is 14.6 Å². The van der Waals surface area contributed by atoms with Gasteiger partial charge >= 0.3 is 5.97 Å². The summed E-state index contributed by atoms with van der Waals surface area (Å²) in [6.07, 6.45) is 1.89. The monoisotopic (exact) mass is 228 g/mol. The highest BCUT2D eigenvalue weighted by Crippen LogP contribution is 2.34. The molecule has 0 aliphatic carbocycles. The Morgan fingerprint density at radius 3 is 2.27 bits per heavy atom. The number of hydrogen-bond donors (Lipinski definition) is 1. The molecule has 0 unspecified atom stereocenters. The van der Waals surface area contributed by atoms with Crippen LogP contribution in [0.1, 0.15) is 10.4 Å². The predicted molar refractivity (Wildman–Crippen MR) is 58.3 cm³/mol. The summed E-state index contributed by atoms with van der Waals surface area (Å²) in [5.41, 5.74) is 0.104. The van der Waals surface area contributed by atoms with E-state index in [2.05, 4.69) is 0 Å². The molecule has 5 heteroatoms. The van der Waals surface area contributed by atoms with Gasteiger partial charge in [0.15, 0.2) is 0 Å². The Morgan fingerprint density at radius 2 is 1.87 bits per heavy atom. The quantitative estimate of drug-likeness (QED) is 0.800. The van der Waals surface area contributed by atoms with Crippen molar-refractivity contribution >= 4 is 17.7 Å². The molecule has 0 aromatic heterocycles. The van der Waals surface area contributed by atoms with Crippen molar-refractivity contribution in [2.24, 2.45) is 0 Å². The molecule has 1 aromatic rings. The maximum atomic E-state index is 10.9. The van der Waals surface area contributed by atoms with Gasteiger partial charge in [-0.05, 0) is 18.4 Å². The second-order valence-electron chi connectivity index (χ2n) is 2.71. The maximum Gasteiger partial charge on any atom is 0.339 e. The highest BCUT2D eigenvalue weighted by atomic mass is 32.2. The van der Waals surface area contributed by atoms with Gasteiger partial charge in [0.2, 0.25) is 0 Å². The molecule has 0 aliphatic rings. The van der Waals surface area contributed by atoms with Gasteiger partial charge in [-0.1, -0.05) is 0 Å². The predicted octanol–water partition coefficient (Wildman–Crippen LogP) is 2.12. The van der Waals surface area contributed by atoms with Crippen molar-refractivity contribution in [3.8, 4) is 11.5 Å². The SMILES string of the molecule is COc1cc(C(=O)O)c(OC)cc1SC. The number of thioether (sulfide) groups is 1. The van der Waals surface area contributed by atoms with Gasteiger partial charge in [-0.2, -0.15) is 0 Å². The van der Waals surface area contributed by atoms with Gasteiger partial charge in [-0.15, -0.1) is 11.8 Å². The van der Waals surface area contributed by atoms with Crippen LogP contribution >= 0.6 is 11.8 Å². The van der Waals surface area contributed by atoms with E-state index in [1.54, 1.807) is 6.07 Å². The van der Waals surface area contributed by atoms with Crippen LogP contribution in [0.4, 0.5) is 0 Å². The summed E-state index contributed by atoms with van der Waals surface area (Å²) in [5, 5.41) is 8.94. The molecule has 0 aliphatic heterocycles. The number of carbonyl (C=O) groups is 1. The van der Waals surface area contributed by atoms with Gasteiger partial charge in [-0.3, -0.25) is 0 Å². The van der Waals surface area contributed by atoms with E-state index < -0.39 is 5.97 Å². The third-order valence-corrected chi connectivity index (χ3v) is 2.69. The van der Waals surface area contributed by atoms with E-state index in [4.69, 9.17) is 14.6 Å². The first-order valence-electron chi connectivity index (χ1n) is 4.17. The number of hydrogen-bond acceptors (Lipinski definition) is 4. The van der Waals surface area contributed by atoms with Crippen molar-refractivity contribution in [1.82, 2.24) is 0 Å². The molecule has 0 spiro atoms. The topological polar surface area (TPSA) is 55.8 Å². The molecular weight excluding hydrogens is 216 g/mol. The van der Waals surface area contributed by atoms with Crippen LogP contribution in [0, 0.1) is 0 Å². The third kappa shape index (κ3) is 2.36. The summed E-state index contributed by atoms with van der Waals surface area (Å²) in [6, 6.07) is 3.12. The van der Waals surface area contributed by atoms with E-state index in [0.717, 1.165) is 4.90 Å². The van der Waals surface area contributed by atoms with Gasteiger partial charge in [-0.25, -0.2) is 4.79 Å². The number of rotatable bonds is 4. The molecular formula is C10H12O4S. The van der Waals surface area contributed by atoms with Crippen LogP contribution < -0.4 is 9.47 Å². The molecule has 4 nitrogen and oxygen atoms in total. The fourth-order valence-electron chi connectivity index (χ4n) is 1.20. The fraction of sp³-hybridized carbons (Fsp3) is 0.300. The first kappa shape index (κ1) is 11.7. The summed E-state index contributed by atoms with van der Waals surface area (Å²) in [4.78, 5) is 11.8. The number of carboxylic acids is 1. The minimum atomic E-state index is -1.03. The van der Waals surface area contributed by atoms with Crippen LogP contribution in [0.25, 0.3) is 0 Å². The Kier molecular flexibility index (Phi) is 3.85. The lowest BCUT2D eigenvalue weighted by Gasteiger charge is -2.11. The number of ether oxygens (including phenoxy) is 2. The maximum absolute atomic E-state index is 10.9. The summed E-state index contributed by atoms with van der Waals surface area (Å²) in [6.45, 7) is 0. The van der Waals surface area contributed by atoms with Crippen molar-refractivity contribution < 1.29 is 19.4 Å². The van der Waals surface area contributed by atoms with Crippen molar-refractivity contribution in [2.45, 2.75) is 4.90 Å².